The van der Waals surface area contributed by atoms with Crippen LogP contribution >= 0.6 is 0 Å². The molecule has 0 unspecified atom stereocenters. The molecule has 190 valence electrons. The third-order valence-corrected chi connectivity index (χ3v) is 8.82. The number of benzene rings is 2. The van der Waals surface area contributed by atoms with Crippen molar-refractivity contribution in [1.29, 1.82) is 0 Å². The average Bonchev–Trinajstić information content (AvgIpc) is 3.27. The van der Waals surface area contributed by atoms with Crippen molar-refractivity contribution in [3.8, 4) is 11.8 Å². The fraction of sp³-hybridized carbons (Fsp3) is 0.433. The monoisotopic (exact) mass is 496 g/mol. The van der Waals surface area contributed by atoms with Gasteiger partial charge in [0.1, 0.15) is 0 Å². The number of nitrogens with two attached hydrogens (primary N) is 1. The van der Waals surface area contributed by atoms with Gasteiger partial charge in [-0.3, -0.25) is 9.69 Å². The van der Waals surface area contributed by atoms with Gasteiger partial charge in [0.15, 0.2) is 5.78 Å². The molecule has 3 fully saturated rings. The number of piperazine rings is 1. The quantitative estimate of drug-likeness (QED) is 0.419. The zero-order valence-electron chi connectivity index (χ0n) is 21.2. The maximum Gasteiger partial charge on any atom is 0.195 e. The fourth-order valence-corrected chi connectivity index (χ4v) is 6.75. The molecule has 3 aliphatic heterocycles. The predicted molar refractivity (Wildman–Crippen MR) is 144 cm³/mol. The van der Waals surface area contributed by atoms with Gasteiger partial charge in [-0.15, -0.1) is 5.92 Å². The van der Waals surface area contributed by atoms with E-state index in [1.165, 1.54) is 0 Å². The van der Waals surface area contributed by atoms with Gasteiger partial charge in [0, 0.05) is 78.2 Å². The van der Waals surface area contributed by atoms with Crippen molar-refractivity contribution < 1.29 is 14.3 Å². The molecule has 1 spiro atoms. The van der Waals surface area contributed by atoms with Crippen LogP contribution in [0.2, 0.25) is 0 Å². The molecule has 0 radical (unpaired) electrons. The van der Waals surface area contributed by atoms with Crippen LogP contribution < -0.4 is 10.6 Å². The molecular weight excluding hydrogens is 464 g/mol. The summed E-state index contributed by atoms with van der Waals surface area (Å²) >= 11 is 0. The van der Waals surface area contributed by atoms with E-state index in [9.17, 15) is 4.79 Å². The summed E-state index contributed by atoms with van der Waals surface area (Å²) in [6, 6.07) is 10.7. The van der Waals surface area contributed by atoms with Crippen molar-refractivity contribution in [3.63, 3.8) is 0 Å². The lowest BCUT2D eigenvalue weighted by atomic mass is 9.64. The van der Waals surface area contributed by atoms with E-state index in [1.807, 2.05) is 25.1 Å². The second-order valence-corrected chi connectivity index (χ2v) is 10.7. The first-order valence-corrected chi connectivity index (χ1v) is 13.3. The first kappa shape index (κ1) is 22.9. The number of aromatic amines is 1. The van der Waals surface area contributed by atoms with E-state index in [1.54, 1.807) is 0 Å². The highest BCUT2D eigenvalue weighted by atomic mass is 16.5. The van der Waals surface area contributed by atoms with Gasteiger partial charge < -0.3 is 25.1 Å². The Morgan fingerprint density at radius 3 is 2.54 bits per heavy atom. The van der Waals surface area contributed by atoms with Crippen molar-refractivity contribution in [3.05, 3.63) is 58.3 Å². The fourth-order valence-electron chi connectivity index (χ4n) is 6.75. The van der Waals surface area contributed by atoms with Crippen LogP contribution in [0.25, 0.3) is 10.9 Å². The summed E-state index contributed by atoms with van der Waals surface area (Å²) in [4.78, 5) is 22.8. The SMILES string of the molecule is CC#Cc1cc2c(cc1N1CCN(C3COC3)CC1)C1(CCOCC1)c1[nH]c3cc(N)ccc3c1C2=O. The molecule has 0 bridgehead atoms. The van der Waals surface area contributed by atoms with Crippen molar-refractivity contribution in [2.24, 2.45) is 0 Å². The number of anilines is 2. The van der Waals surface area contributed by atoms with E-state index in [2.05, 4.69) is 38.8 Å². The van der Waals surface area contributed by atoms with E-state index in [0.29, 0.717) is 24.9 Å². The summed E-state index contributed by atoms with van der Waals surface area (Å²) in [7, 11) is 0. The number of carbonyl (C=O) groups excluding carboxylic acids is 1. The number of hydrogen-bond acceptors (Lipinski definition) is 6. The highest BCUT2D eigenvalue weighted by molar-refractivity contribution is 6.20. The first-order valence-electron chi connectivity index (χ1n) is 13.3. The Labute approximate surface area is 216 Å². The van der Waals surface area contributed by atoms with Crippen LogP contribution in [-0.2, 0) is 14.9 Å². The zero-order chi connectivity index (χ0) is 25.1. The van der Waals surface area contributed by atoms with Gasteiger partial charge in [-0.2, -0.15) is 0 Å². The van der Waals surface area contributed by atoms with Crippen molar-refractivity contribution in [2.75, 3.05) is 63.2 Å². The number of hydrogen-bond donors (Lipinski definition) is 2. The first-order chi connectivity index (χ1) is 18.1. The molecule has 7 rings (SSSR count). The number of nitrogen functional groups attached to an aromatic ring is 1. The van der Waals surface area contributed by atoms with Crippen molar-refractivity contribution in [2.45, 2.75) is 31.2 Å². The highest BCUT2D eigenvalue weighted by Gasteiger charge is 2.47. The molecule has 3 saturated heterocycles. The molecule has 3 aromatic rings. The summed E-state index contributed by atoms with van der Waals surface area (Å²) in [5.74, 6) is 6.49. The number of nitrogens with one attached hydrogen (secondary N) is 1. The van der Waals surface area contributed by atoms with Crippen LogP contribution in [0.5, 0.6) is 0 Å². The van der Waals surface area contributed by atoms with Gasteiger partial charge in [0.25, 0.3) is 0 Å². The maximum absolute atomic E-state index is 14.1. The number of ketones is 1. The molecule has 2 aromatic carbocycles. The van der Waals surface area contributed by atoms with Gasteiger partial charge in [-0.25, -0.2) is 0 Å². The minimum absolute atomic E-state index is 0.0682. The smallest absolute Gasteiger partial charge is 0.195 e. The van der Waals surface area contributed by atoms with Gasteiger partial charge >= 0.3 is 0 Å². The van der Waals surface area contributed by atoms with E-state index in [4.69, 9.17) is 15.2 Å². The Morgan fingerprint density at radius 2 is 1.84 bits per heavy atom. The Morgan fingerprint density at radius 1 is 1.05 bits per heavy atom. The van der Waals surface area contributed by atoms with Crippen LogP contribution in [0.3, 0.4) is 0 Å². The van der Waals surface area contributed by atoms with Crippen LogP contribution in [-0.4, -0.2) is 74.3 Å². The third-order valence-electron chi connectivity index (χ3n) is 8.82. The lowest BCUT2D eigenvalue weighted by Crippen LogP contribution is -2.56. The summed E-state index contributed by atoms with van der Waals surface area (Å²) in [6.45, 7) is 8.78. The van der Waals surface area contributed by atoms with Crippen LogP contribution in [0.15, 0.2) is 30.3 Å². The van der Waals surface area contributed by atoms with E-state index in [0.717, 1.165) is 96.8 Å². The second kappa shape index (κ2) is 8.63. The molecule has 7 nitrogen and oxygen atoms in total. The number of ether oxygens (including phenoxy) is 2. The van der Waals surface area contributed by atoms with Gasteiger partial charge in [0.2, 0.25) is 0 Å². The molecule has 1 aromatic heterocycles. The highest BCUT2D eigenvalue weighted by Crippen LogP contribution is 2.50. The molecule has 1 aliphatic carbocycles. The van der Waals surface area contributed by atoms with Crippen molar-refractivity contribution >= 4 is 28.1 Å². The molecular formula is C30H32N4O3. The Kier molecular flexibility index (Phi) is 5.33. The Hall–Kier alpha value is -3.31. The summed E-state index contributed by atoms with van der Waals surface area (Å²) in [5, 5.41) is 0.939. The average molecular weight is 497 g/mol. The predicted octanol–water partition coefficient (Wildman–Crippen LogP) is 3.28. The Balaban J connectivity index is 1.38. The molecule has 4 heterocycles. The van der Waals surface area contributed by atoms with E-state index >= 15 is 0 Å². The molecule has 0 saturated carbocycles. The molecule has 0 amide bonds. The minimum atomic E-state index is -0.303. The number of carbonyl (C=O) groups is 1. The molecule has 3 N–H and O–H groups in total. The summed E-state index contributed by atoms with van der Waals surface area (Å²) < 4.78 is 11.3. The lowest BCUT2D eigenvalue weighted by Gasteiger charge is -2.45. The maximum atomic E-state index is 14.1. The minimum Gasteiger partial charge on any atom is -0.399 e. The molecule has 37 heavy (non-hydrogen) atoms. The van der Waals surface area contributed by atoms with Crippen molar-refractivity contribution in [1.82, 2.24) is 9.88 Å². The van der Waals surface area contributed by atoms with Gasteiger partial charge in [-0.1, -0.05) is 12.0 Å². The molecule has 7 heteroatoms. The number of H-pyrrole nitrogens is 1. The van der Waals surface area contributed by atoms with Gasteiger partial charge in [0.05, 0.1) is 30.5 Å². The van der Waals surface area contributed by atoms with E-state index < -0.39 is 0 Å². The summed E-state index contributed by atoms with van der Waals surface area (Å²) in [5.41, 5.74) is 13.2. The topological polar surface area (TPSA) is 83.8 Å². The molecule has 4 aliphatic rings. The van der Waals surface area contributed by atoms with Crippen LogP contribution in [0, 0.1) is 11.8 Å². The lowest BCUT2D eigenvalue weighted by molar-refractivity contribution is -0.0660. The molecule has 0 atom stereocenters. The second-order valence-electron chi connectivity index (χ2n) is 10.7. The van der Waals surface area contributed by atoms with Crippen LogP contribution in [0.1, 0.15) is 52.5 Å². The number of aromatic nitrogens is 1. The van der Waals surface area contributed by atoms with Gasteiger partial charge in [-0.05, 0) is 49.6 Å². The number of nitrogens with zero attached hydrogens (tertiary/aromatic N) is 2. The summed E-state index contributed by atoms with van der Waals surface area (Å²) in [6.07, 6.45) is 1.66. The Bertz CT molecular complexity index is 1460. The van der Waals surface area contributed by atoms with E-state index in [-0.39, 0.29) is 11.2 Å². The zero-order valence-corrected chi connectivity index (χ0v) is 21.2. The largest absolute Gasteiger partial charge is 0.399 e. The number of fused-ring (bicyclic) bond motifs is 6. The normalized spacial score (nSPS) is 21.3. The third kappa shape index (κ3) is 3.43. The standard InChI is InChI=1S/C30H32N4O3/c1-2-3-19-14-23-24(16-26(19)34-10-8-33(9-11-34)21-17-37-18-21)30(6-12-36-13-7-30)29-27(28(23)35)22-5-4-20(31)15-25(22)32-29/h4-5,14-16,21,32H,6-13,17-18,31H2,1H3. The van der Waals surface area contributed by atoms with Crippen LogP contribution in [0.4, 0.5) is 11.4 Å². The number of rotatable bonds is 2.